The van der Waals surface area contributed by atoms with Gasteiger partial charge in [-0.1, -0.05) is 52.9 Å². The second-order valence-corrected chi connectivity index (χ2v) is 5.99. The van der Waals surface area contributed by atoms with Gasteiger partial charge in [0, 0.05) is 23.1 Å². The van der Waals surface area contributed by atoms with Crippen LogP contribution in [0.5, 0.6) is 5.75 Å². The van der Waals surface area contributed by atoms with E-state index >= 15 is 0 Å². The third-order valence-corrected chi connectivity index (χ3v) is 4.59. The molecule has 3 rings (SSSR count). The summed E-state index contributed by atoms with van der Waals surface area (Å²) in [5.74, 6) is 0.314. The minimum Gasteiger partial charge on any atom is -0.507 e. The van der Waals surface area contributed by atoms with Crippen molar-refractivity contribution in [3.8, 4) is 5.75 Å². The molecule has 0 bridgehead atoms. The molecule has 0 spiro atoms. The van der Waals surface area contributed by atoms with Crippen LogP contribution in [0.2, 0.25) is 0 Å². The third kappa shape index (κ3) is 3.14. The molecule has 1 aromatic heterocycles. The number of aromatic nitrogens is 1. The Hall–Kier alpha value is -1.88. The third-order valence-electron chi connectivity index (χ3n) is 3.69. The number of alkyl halides is 1. The van der Waals surface area contributed by atoms with Gasteiger partial charge in [-0.05, 0) is 30.4 Å². The van der Waals surface area contributed by atoms with Crippen LogP contribution in [0, 0.1) is 0 Å². The first-order chi connectivity index (χ1) is 10.8. The van der Waals surface area contributed by atoms with E-state index in [9.17, 15) is 5.11 Å². The zero-order chi connectivity index (χ0) is 15.4. The van der Waals surface area contributed by atoms with Crippen molar-refractivity contribution in [2.75, 3.05) is 4.43 Å². The molecule has 0 fully saturated rings. The number of phenolic OH excluding ortho intramolecular Hbond substituents is 1. The van der Waals surface area contributed by atoms with Crippen LogP contribution in [0.4, 0.5) is 0 Å². The van der Waals surface area contributed by atoms with Crippen molar-refractivity contribution >= 4 is 39.6 Å². The van der Waals surface area contributed by atoms with Gasteiger partial charge in [0.1, 0.15) is 5.75 Å². The van der Waals surface area contributed by atoms with Crippen LogP contribution in [0.15, 0.2) is 72.9 Å². The fourth-order valence-electron chi connectivity index (χ4n) is 2.53. The summed E-state index contributed by atoms with van der Waals surface area (Å²) in [4.78, 5) is 0. The number of para-hydroxylation sites is 2. The SMILES string of the molecule is Oc1ccccc1C=CC(CI)[n+]1cccc2ccccc21. The van der Waals surface area contributed by atoms with E-state index in [-0.39, 0.29) is 6.04 Å². The molecule has 1 unspecified atom stereocenters. The minimum atomic E-state index is 0.242. The molecule has 0 saturated carbocycles. The largest absolute Gasteiger partial charge is 0.507 e. The molecule has 0 amide bonds. The van der Waals surface area contributed by atoms with Crippen LogP contribution in [-0.4, -0.2) is 9.53 Å². The van der Waals surface area contributed by atoms with Crippen molar-refractivity contribution in [3.05, 3.63) is 78.5 Å². The van der Waals surface area contributed by atoms with E-state index in [2.05, 4.69) is 75.8 Å². The molecule has 110 valence electrons. The van der Waals surface area contributed by atoms with Crippen LogP contribution in [-0.2, 0) is 0 Å². The molecular weight excluding hydrogens is 385 g/mol. The molecule has 3 aromatic rings. The second-order valence-electron chi connectivity index (χ2n) is 5.11. The predicted octanol–water partition coefficient (Wildman–Crippen LogP) is 4.52. The van der Waals surface area contributed by atoms with Crippen molar-refractivity contribution in [1.82, 2.24) is 0 Å². The highest BCUT2D eigenvalue weighted by Gasteiger charge is 2.17. The van der Waals surface area contributed by atoms with E-state index in [4.69, 9.17) is 0 Å². The Kier molecular flexibility index (Phi) is 4.73. The Morgan fingerprint density at radius 2 is 1.73 bits per heavy atom. The van der Waals surface area contributed by atoms with Crippen molar-refractivity contribution in [1.29, 1.82) is 0 Å². The predicted molar refractivity (Wildman–Crippen MR) is 99.2 cm³/mol. The van der Waals surface area contributed by atoms with Crippen molar-refractivity contribution < 1.29 is 9.67 Å². The summed E-state index contributed by atoms with van der Waals surface area (Å²) in [6.07, 6.45) is 6.25. The molecule has 2 aromatic carbocycles. The molecule has 1 N–H and O–H groups in total. The number of nitrogens with zero attached hydrogens (tertiary/aromatic N) is 1. The lowest BCUT2D eigenvalue weighted by Gasteiger charge is -2.08. The van der Waals surface area contributed by atoms with Crippen LogP contribution < -0.4 is 4.57 Å². The van der Waals surface area contributed by atoms with Gasteiger partial charge < -0.3 is 5.11 Å². The van der Waals surface area contributed by atoms with E-state index in [1.807, 2.05) is 24.3 Å². The van der Waals surface area contributed by atoms with Gasteiger partial charge in [0.25, 0.3) is 0 Å². The minimum absolute atomic E-state index is 0.242. The number of halogens is 1. The number of benzene rings is 2. The fraction of sp³-hybridized carbons (Fsp3) is 0.105. The molecule has 0 aliphatic carbocycles. The van der Waals surface area contributed by atoms with Gasteiger partial charge >= 0.3 is 0 Å². The summed E-state index contributed by atoms with van der Waals surface area (Å²) in [6, 6.07) is 20.2. The molecule has 1 atom stereocenters. The number of allylic oxidation sites excluding steroid dienone is 1. The average molecular weight is 402 g/mol. The lowest BCUT2D eigenvalue weighted by molar-refractivity contribution is -0.681. The van der Waals surface area contributed by atoms with Crippen molar-refractivity contribution in [2.45, 2.75) is 6.04 Å². The zero-order valence-electron chi connectivity index (χ0n) is 12.1. The smallest absolute Gasteiger partial charge is 0.212 e. The molecule has 0 aliphatic heterocycles. The first kappa shape index (κ1) is 15.0. The van der Waals surface area contributed by atoms with Gasteiger partial charge in [0.15, 0.2) is 12.2 Å². The number of aromatic hydroxyl groups is 1. The van der Waals surface area contributed by atoms with E-state index in [1.165, 1.54) is 10.9 Å². The number of rotatable bonds is 4. The number of fused-ring (bicyclic) bond motifs is 1. The first-order valence-corrected chi connectivity index (χ1v) is 8.73. The molecule has 3 heteroatoms. The summed E-state index contributed by atoms with van der Waals surface area (Å²) < 4.78 is 3.23. The maximum atomic E-state index is 9.88. The molecule has 22 heavy (non-hydrogen) atoms. The van der Waals surface area contributed by atoms with Crippen molar-refractivity contribution in [2.24, 2.45) is 0 Å². The lowest BCUT2D eigenvalue weighted by Crippen LogP contribution is -2.39. The molecule has 0 aliphatic rings. The van der Waals surface area contributed by atoms with Crippen LogP contribution in [0.25, 0.3) is 17.0 Å². The van der Waals surface area contributed by atoms with Gasteiger partial charge in [-0.25, -0.2) is 0 Å². The van der Waals surface area contributed by atoms with Crippen LogP contribution in [0.1, 0.15) is 11.6 Å². The highest BCUT2D eigenvalue weighted by atomic mass is 127. The van der Waals surface area contributed by atoms with E-state index in [0.29, 0.717) is 5.75 Å². The summed E-state index contributed by atoms with van der Waals surface area (Å²) in [7, 11) is 0. The van der Waals surface area contributed by atoms with E-state index in [1.54, 1.807) is 6.07 Å². The normalized spacial score (nSPS) is 12.8. The first-order valence-electron chi connectivity index (χ1n) is 7.20. The fourth-order valence-corrected chi connectivity index (χ4v) is 3.25. The second kappa shape index (κ2) is 6.92. The van der Waals surface area contributed by atoms with Crippen LogP contribution in [0.3, 0.4) is 0 Å². The Morgan fingerprint density at radius 1 is 1.00 bits per heavy atom. The summed E-state index contributed by atoms with van der Waals surface area (Å²) >= 11 is 2.40. The Morgan fingerprint density at radius 3 is 2.55 bits per heavy atom. The molecule has 1 heterocycles. The quantitative estimate of drug-likeness (QED) is 0.387. The lowest BCUT2D eigenvalue weighted by atomic mass is 10.1. The average Bonchev–Trinajstić information content (AvgIpc) is 2.57. The number of hydrogen-bond acceptors (Lipinski definition) is 1. The van der Waals surface area contributed by atoms with E-state index in [0.717, 1.165) is 9.99 Å². The highest BCUT2D eigenvalue weighted by Crippen LogP contribution is 2.19. The van der Waals surface area contributed by atoms with Gasteiger partial charge in [-0.2, -0.15) is 4.57 Å². The van der Waals surface area contributed by atoms with Gasteiger partial charge in [0.05, 0.1) is 4.43 Å². The Balaban J connectivity index is 1.99. The summed E-state index contributed by atoms with van der Waals surface area (Å²) in [5.41, 5.74) is 2.06. The number of pyridine rings is 1. The van der Waals surface area contributed by atoms with Crippen LogP contribution >= 0.6 is 22.6 Å². The number of hydrogen-bond donors (Lipinski definition) is 1. The molecule has 0 radical (unpaired) electrons. The monoisotopic (exact) mass is 402 g/mol. The maximum Gasteiger partial charge on any atom is 0.212 e. The van der Waals surface area contributed by atoms with Crippen molar-refractivity contribution in [3.63, 3.8) is 0 Å². The molecule has 2 nitrogen and oxygen atoms in total. The van der Waals surface area contributed by atoms with Gasteiger partial charge in [0.2, 0.25) is 5.52 Å². The van der Waals surface area contributed by atoms with Gasteiger partial charge in [-0.15, -0.1) is 0 Å². The Labute approximate surface area is 143 Å². The Bertz CT molecular complexity index is 808. The molecular formula is C19H17INO+. The summed E-state index contributed by atoms with van der Waals surface area (Å²) in [6.45, 7) is 0. The molecule has 0 saturated heterocycles. The maximum absolute atomic E-state index is 9.88. The zero-order valence-corrected chi connectivity index (χ0v) is 14.2. The number of phenols is 1. The topological polar surface area (TPSA) is 24.1 Å². The standard InChI is InChI=1S/C19H16INO/c20-14-17(12-11-16-7-2-4-10-19(16)22)21-13-5-8-15-6-1-3-9-18(15)21/h1-13,17H,14H2/p+1. The highest BCUT2D eigenvalue weighted by molar-refractivity contribution is 14.1. The summed E-state index contributed by atoms with van der Waals surface area (Å²) in [5, 5.41) is 11.1. The van der Waals surface area contributed by atoms with Gasteiger partial charge in [-0.3, -0.25) is 0 Å². The van der Waals surface area contributed by atoms with E-state index < -0.39 is 0 Å².